The van der Waals surface area contributed by atoms with Crippen molar-refractivity contribution in [3.8, 4) is 0 Å². The maximum atomic E-state index is 14.0. The number of aryl methyl sites for hydroxylation is 2. The number of nitrogens with zero attached hydrogens (tertiary/aromatic N) is 2. The second-order valence-electron chi connectivity index (χ2n) is 7.04. The summed E-state index contributed by atoms with van der Waals surface area (Å²) in [4.78, 5) is 14.8. The smallest absolute Gasteiger partial charge is 0.322 e. The Hall–Kier alpha value is -3.15. The van der Waals surface area contributed by atoms with E-state index in [4.69, 9.17) is 0 Å². The Morgan fingerprint density at radius 2 is 1.93 bits per heavy atom. The first kappa shape index (κ1) is 18.2. The van der Waals surface area contributed by atoms with Crippen LogP contribution in [0.4, 0.5) is 19.3 Å². The minimum absolute atomic E-state index is 0.0333. The summed E-state index contributed by atoms with van der Waals surface area (Å²) in [7, 11) is 0. The largest absolute Gasteiger partial charge is 0.349 e. The zero-order valence-corrected chi connectivity index (χ0v) is 15.5. The van der Waals surface area contributed by atoms with Crippen LogP contribution in [0.25, 0.3) is 0 Å². The molecule has 4 rings (SSSR count). The first-order valence-corrected chi connectivity index (χ1v) is 9.27. The number of carbonyl (C=O) groups is 1. The molecule has 0 bridgehead atoms. The van der Waals surface area contributed by atoms with E-state index in [1.165, 1.54) is 6.07 Å². The van der Waals surface area contributed by atoms with Gasteiger partial charge in [-0.3, -0.25) is 0 Å². The van der Waals surface area contributed by atoms with Gasteiger partial charge in [0, 0.05) is 31.0 Å². The van der Waals surface area contributed by atoms with Crippen LogP contribution < -0.4 is 5.32 Å². The van der Waals surface area contributed by atoms with Crippen LogP contribution in [0, 0.1) is 18.6 Å². The predicted octanol–water partition coefficient (Wildman–Crippen LogP) is 5.10. The van der Waals surface area contributed by atoms with E-state index in [1.807, 2.05) is 43.5 Å². The summed E-state index contributed by atoms with van der Waals surface area (Å²) in [6, 6.07) is 14.5. The Balaban J connectivity index is 1.71. The van der Waals surface area contributed by atoms with Gasteiger partial charge >= 0.3 is 6.03 Å². The fraction of sp³-hybridized carbons (Fsp3) is 0.227. The first-order chi connectivity index (χ1) is 13.5. The lowest BCUT2D eigenvalue weighted by Gasteiger charge is -2.31. The van der Waals surface area contributed by atoms with Crippen LogP contribution in [0.2, 0.25) is 0 Å². The number of carbonyl (C=O) groups excluding carboxylic acids is 1. The zero-order chi connectivity index (χ0) is 19.7. The van der Waals surface area contributed by atoms with E-state index >= 15 is 0 Å². The molecule has 1 aromatic heterocycles. The quantitative estimate of drug-likeness (QED) is 0.659. The molecule has 1 aliphatic heterocycles. The van der Waals surface area contributed by atoms with E-state index in [2.05, 4.69) is 16.0 Å². The van der Waals surface area contributed by atoms with Crippen LogP contribution in [0.5, 0.6) is 0 Å². The summed E-state index contributed by atoms with van der Waals surface area (Å²) in [5.41, 5.74) is 3.08. The van der Waals surface area contributed by atoms with Crippen LogP contribution in [-0.2, 0) is 6.54 Å². The van der Waals surface area contributed by atoms with Crippen molar-refractivity contribution in [2.24, 2.45) is 0 Å². The van der Waals surface area contributed by atoms with Gasteiger partial charge in [-0.2, -0.15) is 0 Å². The minimum atomic E-state index is -0.793. The Morgan fingerprint density at radius 1 is 1.07 bits per heavy atom. The SMILES string of the molecule is Cc1cccc(C2c3cccn3CCCN2C(=O)Nc2ccc(F)cc2F)c1. The second kappa shape index (κ2) is 7.46. The highest BCUT2D eigenvalue weighted by atomic mass is 19.1. The molecule has 1 N–H and O–H groups in total. The fourth-order valence-corrected chi connectivity index (χ4v) is 3.77. The Labute approximate surface area is 162 Å². The predicted molar refractivity (Wildman–Crippen MR) is 104 cm³/mol. The third-order valence-electron chi connectivity index (χ3n) is 5.05. The third kappa shape index (κ3) is 3.50. The Bertz CT molecular complexity index is 1010. The van der Waals surface area contributed by atoms with Crippen molar-refractivity contribution in [1.82, 2.24) is 9.47 Å². The average Bonchev–Trinajstić information content (AvgIpc) is 3.03. The molecule has 0 saturated heterocycles. The van der Waals surface area contributed by atoms with Crippen molar-refractivity contribution in [1.29, 1.82) is 0 Å². The van der Waals surface area contributed by atoms with Crippen molar-refractivity contribution in [3.63, 3.8) is 0 Å². The lowest BCUT2D eigenvalue weighted by Crippen LogP contribution is -2.39. The molecule has 28 heavy (non-hydrogen) atoms. The highest BCUT2D eigenvalue weighted by molar-refractivity contribution is 5.90. The normalized spacial score (nSPS) is 16.4. The van der Waals surface area contributed by atoms with Crippen LogP contribution >= 0.6 is 0 Å². The van der Waals surface area contributed by atoms with Gasteiger partial charge in [-0.1, -0.05) is 29.8 Å². The van der Waals surface area contributed by atoms with Gasteiger partial charge < -0.3 is 14.8 Å². The summed E-state index contributed by atoms with van der Waals surface area (Å²) >= 11 is 0. The van der Waals surface area contributed by atoms with E-state index in [-0.39, 0.29) is 11.7 Å². The second-order valence-corrected chi connectivity index (χ2v) is 7.04. The van der Waals surface area contributed by atoms with Crippen LogP contribution in [0.3, 0.4) is 0 Å². The standard InChI is InChI=1S/C22H21F2N3O/c1-15-5-2-6-16(13-15)21-20-7-3-10-26(20)11-4-12-27(21)22(28)25-19-9-8-17(23)14-18(19)24/h2-3,5-10,13-14,21H,4,11-12H2,1H3,(H,25,28). The fourth-order valence-electron chi connectivity index (χ4n) is 3.77. The number of aromatic nitrogens is 1. The maximum absolute atomic E-state index is 14.0. The lowest BCUT2D eigenvalue weighted by molar-refractivity contribution is 0.199. The molecule has 0 aliphatic carbocycles. The van der Waals surface area contributed by atoms with Crippen LogP contribution in [-0.4, -0.2) is 22.0 Å². The topological polar surface area (TPSA) is 37.3 Å². The van der Waals surface area contributed by atoms with Gasteiger partial charge in [0.25, 0.3) is 0 Å². The highest BCUT2D eigenvalue weighted by Crippen LogP contribution is 2.33. The van der Waals surface area contributed by atoms with E-state index < -0.39 is 17.7 Å². The van der Waals surface area contributed by atoms with Gasteiger partial charge in [0.2, 0.25) is 0 Å². The zero-order valence-electron chi connectivity index (χ0n) is 15.5. The molecule has 1 aliphatic rings. The number of halogens is 2. The molecule has 3 aromatic rings. The number of amides is 2. The van der Waals surface area contributed by atoms with Gasteiger partial charge in [0.15, 0.2) is 0 Å². The summed E-state index contributed by atoms with van der Waals surface area (Å²) < 4.78 is 29.4. The van der Waals surface area contributed by atoms with Crippen LogP contribution in [0.15, 0.2) is 60.8 Å². The Kier molecular flexibility index (Phi) is 4.86. The molecule has 0 radical (unpaired) electrons. The molecule has 2 aromatic carbocycles. The molecule has 4 nitrogen and oxygen atoms in total. The van der Waals surface area contributed by atoms with Gasteiger partial charge in [0.1, 0.15) is 11.6 Å². The van der Waals surface area contributed by atoms with Crippen molar-refractivity contribution >= 4 is 11.7 Å². The molecule has 0 spiro atoms. The molecule has 1 unspecified atom stereocenters. The minimum Gasteiger partial charge on any atom is -0.349 e. The summed E-state index contributed by atoms with van der Waals surface area (Å²) in [6.07, 6.45) is 2.79. The highest BCUT2D eigenvalue weighted by Gasteiger charge is 2.31. The number of rotatable bonds is 2. The molecule has 1 atom stereocenters. The Morgan fingerprint density at radius 3 is 2.71 bits per heavy atom. The van der Waals surface area contributed by atoms with E-state index in [0.29, 0.717) is 6.54 Å². The number of urea groups is 1. The van der Waals surface area contributed by atoms with Crippen molar-refractivity contribution in [2.45, 2.75) is 25.9 Å². The third-order valence-corrected chi connectivity index (χ3v) is 5.05. The summed E-state index contributed by atoms with van der Waals surface area (Å²) in [6.45, 7) is 3.34. The number of fused-ring (bicyclic) bond motifs is 1. The van der Waals surface area contributed by atoms with Crippen molar-refractivity contribution in [3.05, 3.63) is 89.2 Å². The van der Waals surface area contributed by atoms with E-state index in [1.54, 1.807) is 4.90 Å². The molecular weight excluding hydrogens is 360 g/mol. The van der Waals surface area contributed by atoms with Gasteiger partial charge in [-0.25, -0.2) is 13.6 Å². The number of anilines is 1. The number of hydrogen-bond donors (Lipinski definition) is 1. The maximum Gasteiger partial charge on any atom is 0.322 e. The van der Waals surface area contributed by atoms with Gasteiger partial charge in [-0.15, -0.1) is 0 Å². The molecule has 0 fully saturated rings. The lowest BCUT2D eigenvalue weighted by atomic mass is 10.0. The molecule has 6 heteroatoms. The number of benzene rings is 2. The molecule has 2 heterocycles. The van der Waals surface area contributed by atoms with Gasteiger partial charge in [-0.05, 0) is 43.2 Å². The van der Waals surface area contributed by atoms with Crippen molar-refractivity contribution in [2.75, 3.05) is 11.9 Å². The number of hydrogen-bond acceptors (Lipinski definition) is 1. The molecule has 144 valence electrons. The van der Waals surface area contributed by atoms with Gasteiger partial charge in [0.05, 0.1) is 11.7 Å². The summed E-state index contributed by atoms with van der Waals surface area (Å²) in [5.74, 6) is -1.47. The first-order valence-electron chi connectivity index (χ1n) is 9.27. The number of nitrogens with one attached hydrogen (secondary N) is 1. The molecule has 2 amide bonds. The molecular formula is C22H21F2N3O. The average molecular weight is 381 g/mol. The molecule has 0 saturated carbocycles. The monoisotopic (exact) mass is 381 g/mol. The van der Waals surface area contributed by atoms with Crippen molar-refractivity contribution < 1.29 is 13.6 Å². The van der Waals surface area contributed by atoms with E-state index in [9.17, 15) is 13.6 Å². The van der Waals surface area contributed by atoms with Crippen LogP contribution in [0.1, 0.15) is 29.3 Å². The summed E-state index contributed by atoms with van der Waals surface area (Å²) in [5, 5.41) is 2.61. The van der Waals surface area contributed by atoms with E-state index in [0.717, 1.165) is 41.9 Å².